The Morgan fingerprint density at radius 3 is 2.22 bits per heavy atom. The molecule has 1 aliphatic heterocycles. The molecule has 0 bridgehead atoms. The predicted octanol–water partition coefficient (Wildman–Crippen LogP) is 5.46. The molecule has 2 aliphatic rings. The number of benzene rings is 2. The van der Waals surface area contributed by atoms with Crippen LogP contribution in [-0.2, 0) is 6.18 Å². The summed E-state index contributed by atoms with van der Waals surface area (Å²) in [5.74, 6) is 0. The van der Waals surface area contributed by atoms with Crippen molar-refractivity contribution < 1.29 is 18.0 Å². The summed E-state index contributed by atoms with van der Waals surface area (Å²) in [6.07, 6.45) is 1.73. The minimum Gasteiger partial charge on any atom is -0.378 e. The summed E-state index contributed by atoms with van der Waals surface area (Å²) in [7, 11) is 3.95. The zero-order valence-corrected chi connectivity index (χ0v) is 20.9. The van der Waals surface area contributed by atoms with Crippen LogP contribution in [0.5, 0.6) is 0 Å². The van der Waals surface area contributed by atoms with Gasteiger partial charge in [0.05, 0.1) is 5.56 Å². The van der Waals surface area contributed by atoms with Gasteiger partial charge in [-0.2, -0.15) is 13.2 Å². The third-order valence-electron chi connectivity index (χ3n) is 7.15. The molecule has 2 aromatic carbocycles. The Morgan fingerprint density at radius 1 is 0.917 bits per heavy atom. The van der Waals surface area contributed by atoms with E-state index in [-0.39, 0.29) is 24.2 Å². The van der Waals surface area contributed by atoms with E-state index in [0.717, 1.165) is 80.8 Å². The van der Waals surface area contributed by atoms with E-state index in [0.29, 0.717) is 0 Å². The molecule has 0 radical (unpaired) electrons. The number of anilines is 3. The number of piperidine rings is 1. The summed E-state index contributed by atoms with van der Waals surface area (Å²) < 4.78 is 38.8. The number of carbonyl (C=O) groups excluding carboxylic acids is 1. The second kappa shape index (κ2) is 11.4. The summed E-state index contributed by atoms with van der Waals surface area (Å²) >= 11 is 0. The second-order valence-electron chi connectivity index (χ2n) is 10.0. The molecular weight excluding hydrogens is 467 g/mol. The fourth-order valence-electron chi connectivity index (χ4n) is 5.19. The lowest BCUT2D eigenvalue weighted by atomic mass is 9.89. The predicted molar refractivity (Wildman–Crippen MR) is 139 cm³/mol. The van der Waals surface area contributed by atoms with Crippen LogP contribution in [0.1, 0.15) is 44.1 Å². The lowest BCUT2D eigenvalue weighted by Gasteiger charge is -2.40. The highest BCUT2D eigenvalue weighted by Crippen LogP contribution is 2.31. The van der Waals surface area contributed by atoms with Crippen LogP contribution in [0.3, 0.4) is 0 Å². The number of hydrogen-bond acceptors (Lipinski definition) is 4. The first-order valence-electron chi connectivity index (χ1n) is 12.7. The van der Waals surface area contributed by atoms with Crippen LogP contribution in [0, 0.1) is 0 Å². The summed E-state index contributed by atoms with van der Waals surface area (Å²) in [6, 6.07) is 13.3. The van der Waals surface area contributed by atoms with Crippen molar-refractivity contribution in [2.45, 2.75) is 62.8 Å². The molecule has 36 heavy (non-hydrogen) atoms. The van der Waals surface area contributed by atoms with Crippen molar-refractivity contribution in [2.75, 3.05) is 42.3 Å². The smallest absolute Gasteiger partial charge is 0.378 e. The molecule has 3 unspecified atom stereocenters. The van der Waals surface area contributed by atoms with Gasteiger partial charge in [0.15, 0.2) is 0 Å². The van der Waals surface area contributed by atoms with Crippen LogP contribution in [0.4, 0.5) is 35.0 Å². The van der Waals surface area contributed by atoms with Gasteiger partial charge in [-0.1, -0.05) is 12.8 Å². The molecule has 0 aromatic heterocycles. The van der Waals surface area contributed by atoms with Crippen molar-refractivity contribution in [1.29, 1.82) is 0 Å². The van der Waals surface area contributed by atoms with Gasteiger partial charge in [-0.15, -0.1) is 0 Å². The molecule has 1 saturated heterocycles. The average molecular weight is 504 g/mol. The Hall–Kier alpha value is -2.94. The van der Waals surface area contributed by atoms with Gasteiger partial charge >= 0.3 is 12.2 Å². The maximum atomic E-state index is 12.9. The number of halogens is 3. The molecule has 2 aromatic rings. The van der Waals surface area contributed by atoms with Gasteiger partial charge in [0.25, 0.3) is 0 Å². The first-order valence-corrected chi connectivity index (χ1v) is 12.7. The van der Waals surface area contributed by atoms with Crippen LogP contribution in [0.15, 0.2) is 48.5 Å². The van der Waals surface area contributed by atoms with E-state index < -0.39 is 11.7 Å². The lowest BCUT2D eigenvalue weighted by Crippen LogP contribution is -2.57. The van der Waals surface area contributed by atoms with E-state index >= 15 is 0 Å². The third-order valence-corrected chi connectivity index (χ3v) is 7.15. The first-order chi connectivity index (χ1) is 17.2. The largest absolute Gasteiger partial charge is 0.416 e. The average Bonchev–Trinajstić information content (AvgIpc) is 2.85. The van der Waals surface area contributed by atoms with Gasteiger partial charge in [0.1, 0.15) is 0 Å². The molecule has 3 N–H and O–H groups in total. The standard InChI is InChI=1S/C27H36F3N5O/c1-34(2)22-15-11-20(12-16-22)32-26(36)33-25-8-4-3-7-24(25)31-21-6-5-17-35(18-21)23-13-9-19(10-14-23)27(28,29)30/h9-16,21,24-25,31H,3-8,17-18H2,1-2H3,(H2,32,33,36). The molecule has 196 valence electrons. The lowest BCUT2D eigenvalue weighted by molar-refractivity contribution is -0.137. The number of amides is 2. The van der Waals surface area contributed by atoms with Crippen LogP contribution in [0.25, 0.3) is 0 Å². The fourth-order valence-corrected chi connectivity index (χ4v) is 5.19. The Morgan fingerprint density at radius 2 is 1.58 bits per heavy atom. The monoisotopic (exact) mass is 503 g/mol. The molecule has 9 heteroatoms. The van der Waals surface area contributed by atoms with Crippen molar-refractivity contribution in [3.63, 3.8) is 0 Å². The van der Waals surface area contributed by atoms with Crippen molar-refractivity contribution >= 4 is 23.1 Å². The van der Waals surface area contributed by atoms with E-state index in [1.54, 1.807) is 12.1 Å². The molecule has 6 nitrogen and oxygen atoms in total. The highest BCUT2D eigenvalue weighted by Gasteiger charge is 2.32. The Balaban J connectivity index is 1.32. The van der Waals surface area contributed by atoms with Gasteiger partial charge in [0, 0.05) is 62.4 Å². The van der Waals surface area contributed by atoms with E-state index in [2.05, 4.69) is 20.9 Å². The minimum absolute atomic E-state index is 0.0289. The van der Waals surface area contributed by atoms with E-state index in [9.17, 15) is 18.0 Å². The van der Waals surface area contributed by atoms with Gasteiger partial charge in [0.2, 0.25) is 0 Å². The zero-order chi connectivity index (χ0) is 25.7. The highest BCUT2D eigenvalue weighted by atomic mass is 19.4. The molecule has 2 amide bonds. The second-order valence-corrected chi connectivity index (χ2v) is 10.0. The first kappa shape index (κ1) is 26.1. The number of urea groups is 1. The van der Waals surface area contributed by atoms with E-state index in [4.69, 9.17) is 0 Å². The topological polar surface area (TPSA) is 59.6 Å². The molecule has 1 heterocycles. The number of hydrogen-bond donors (Lipinski definition) is 3. The van der Waals surface area contributed by atoms with E-state index in [1.165, 1.54) is 0 Å². The SMILES string of the molecule is CN(C)c1ccc(NC(=O)NC2CCCCC2NC2CCCN(c3ccc(C(F)(F)F)cc3)C2)cc1. The zero-order valence-electron chi connectivity index (χ0n) is 20.9. The maximum Gasteiger partial charge on any atom is 0.416 e. The number of nitrogens with one attached hydrogen (secondary N) is 3. The Bertz CT molecular complexity index is 994. The normalized spacial score (nSPS) is 22.7. The van der Waals surface area contributed by atoms with Crippen molar-refractivity contribution in [1.82, 2.24) is 10.6 Å². The molecule has 0 spiro atoms. The third kappa shape index (κ3) is 6.84. The maximum absolute atomic E-state index is 12.9. The number of nitrogens with zero attached hydrogens (tertiary/aromatic N) is 2. The fraction of sp³-hybridized carbons (Fsp3) is 0.519. The molecule has 1 saturated carbocycles. The summed E-state index contributed by atoms with van der Waals surface area (Å²) in [6.45, 7) is 1.56. The van der Waals surface area contributed by atoms with Crippen LogP contribution < -0.4 is 25.8 Å². The van der Waals surface area contributed by atoms with Gasteiger partial charge in [-0.05, 0) is 74.2 Å². The number of rotatable bonds is 6. The van der Waals surface area contributed by atoms with Crippen LogP contribution in [0.2, 0.25) is 0 Å². The molecular formula is C27H36F3N5O. The number of alkyl halides is 3. The minimum atomic E-state index is -4.32. The molecule has 2 fully saturated rings. The van der Waals surface area contributed by atoms with Crippen molar-refractivity contribution in [3.05, 3.63) is 54.1 Å². The Kier molecular flexibility index (Phi) is 8.28. The Labute approximate surface area is 211 Å². The highest BCUT2D eigenvalue weighted by molar-refractivity contribution is 5.89. The molecule has 4 rings (SSSR count). The van der Waals surface area contributed by atoms with E-state index in [1.807, 2.05) is 43.3 Å². The number of carbonyl (C=O) groups is 1. The summed E-state index contributed by atoms with van der Waals surface area (Å²) in [4.78, 5) is 16.9. The van der Waals surface area contributed by atoms with Crippen LogP contribution in [-0.4, -0.2) is 51.3 Å². The van der Waals surface area contributed by atoms with Gasteiger partial charge in [-0.3, -0.25) is 0 Å². The summed E-state index contributed by atoms with van der Waals surface area (Å²) in [5, 5.41) is 9.87. The quantitative estimate of drug-likeness (QED) is 0.490. The van der Waals surface area contributed by atoms with Crippen LogP contribution >= 0.6 is 0 Å². The summed E-state index contributed by atoms with van der Waals surface area (Å²) in [5.41, 5.74) is 2.00. The van der Waals surface area contributed by atoms with Gasteiger partial charge in [-0.25, -0.2) is 4.79 Å². The van der Waals surface area contributed by atoms with Crippen molar-refractivity contribution in [3.8, 4) is 0 Å². The van der Waals surface area contributed by atoms with Gasteiger partial charge < -0.3 is 25.8 Å². The van der Waals surface area contributed by atoms with Crippen molar-refractivity contribution in [2.24, 2.45) is 0 Å². The molecule has 1 aliphatic carbocycles. The molecule has 3 atom stereocenters.